The normalized spacial score (nSPS) is 10.8. The molecule has 10 aromatic rings. The average Bonchev–Trinajstić information content (AvgIpc) is 4.08. The number of pyridine rings is 1. The SMILES string of the molecule is C[n+]1[c-]n(-c2[c-]cc(F)cc2)c(-c2ccccc2)c1-c1ccccc1.C[n+]1[c-]n(-c2[c-]cc(F)cc2)c(-c2ccccc2)c1-c1ccccc1.FC(F)(F)c1cc(-c2ccccn2)[n-]n1.[Ir]. The molecular weight excluding hydrogens is 1020 g/mol. The van der Waals surface area contributed by atoms with E-state index in [0.29, 0.717) is 5.69 Å². The summed E-state index contributed by atoms with van der Waals surface area (Å²) in [5, 5.41) is 6.47. The molecule has 6 aromatic carbocycles. The minimum absolute atomic E-state index is 0. The van der Waals surface area contributed by atoms with Crippen LogP contribution in [0.2, 0.25) is 0 Å². The fourth-order valence-electron chi connectivity index (χ4n) is 7.10. The second kappa shape index (κ2) is 20.9. The molecule has 0 spiro atoms. The molecule has 4 aromatic heterocycles. The van der Waals surface area contributed by atoms with Gasteiger partial charge in [-0.1, -0.05) is 144 Å². The van der Waals surface area contributed by atoms with Gasteiger partial charge in [0.15, 0.2) is 0 Å². The zero-order valence-corrected chi connectivity index (χ0v) is 37.6. The van der Waals surface area contributed by atoms with Gasteiger partial charge in [-0.05, 0) is 40.5 Å². The van der Waals surface area contributed by atoms with Crippen molar-refractivity contribution in [3.8, 4) is 67.8 Å². The first-order valence-electron chi connectivity index (χ1n) is 20.2. The third-order valence-electron chi connectivity index (χ3n) is 10.0. The third kappa shape index (κ3) is 10.7. The summed E-state index contributed by atoms with van der Waals surface area (Å²) >= 11 is 0. The Morgan fingerprint density at radius 3 is 1.29 bits per heavy atom. The second-order valence-electron chi connectivity index (χ2n) is 14.5. The number of rotatable bonds is 7. The van der Waals surface area contributed by atoms with Crippen LogP contribution in [0.5, 0.6) is 0 Å². The summed E-state index contributed by atoms with van der Waals surface area (Å²) in [6.07, 6.45) is 3.68. The van der Waals surface area contributed by atoms with Gasteiger partial charge in [-0.25, -0.2) is 0 Å². The molecule has 4 heterocycles. The topological polar surface area (TPSA) is 57.5 Å². The number of hydrogen-bond acceptors (Lipinski definition) is 2. The van der Waals surface area contributed by atoms with Crippen molar-refractivity contribution in [1.29, 1.82) is 0 Å². The average molecular weight is 1060 g/mol. The summed E-state index contributed by atoms with van der Waals surface area (Å²) in [6, 6.07) is 61.5. The summed E-state index contributed by atoms with van der Waals surface area (Å²) in [4.78, 5) is 3.87. The van der Waals surface area contributed by atoms with E-state index >= 15 is 0 Å². The van der Waals surface area contributed by atoms with Crippen LogP contribution in [0.15, 0.2) is 188 Å². The van der Waals surface area contributed by atoms with Crippen LogP contribution in [0.3, 0.4) is 0 Å². The number of nitrogens with zero attached hydrogens (tertiary/aromatic N) is 7. The van der Waals surface area contributed by atoms with Crippen LogP contribution < -0.4 is 14.2 Å². The quantitative estimate of drug-likeness (QED) is 0.0908. The first-order chi connectivity index (χ1) is 31.5. The van der Waals surface area contributed by atoms with E-state index in [0.717, 1.165) is 62.5 Å². The zero-order valence-electron chi connectivity index (χ0n) is 35.3. The summed E-state index contributed by atoms with van der Waals surface area (Å²) in [5.74, 6) is -0.602. The number of imidazole rings is 2. The van der Waals surface area contributed by atoms with Crippen molar-refractivity contribution in [1.82, 2.24) is 24.3 Å². The first kappa shape index (κ1) is 46.4. The molecule has 0 N–H and O–H groups in total. The fraction of sp³-hybridized carbons (Fsp3) is 0.0566. The summed E-state index contributed by atoms with van der Waals surface area (Å²) in [5.41, 5.74) is 9.42. The van der Waals surface area contributed by atoms with E-state index in [2.05, 4.69) is 88.5 Å². The molecule has 0 bridgehead atoms. The van der Waals surface area contributed by atoms with E-state index in [9.17, 15) is 22.0 Å². The molecule has 0 aliphatic carbocycles. The first-order valence-corrected chi connectivity index (χ1v) is 20.2. The Kier molecular flexibility index (Phi) is 14.7. The van der Waals surface area contributed by atoms with Gasteiger partial charge in [-0.15, -0.1) is 24.3 Å². The van der Waals surface area contributed by atoms with Crippen LogP contribution in [0.25, 0.3) is 67.8 Å². The van der Waals surface area contributed by atoms with Gasteiger partial charge < -0.3 is 28.5 Å². The monoisotopic (exact) mass is 1060 g/mol. The van der Waals surface area contributed by atoms with Gasteiger partial charge in [0.25, 0.3) is 0 Å². The smallest absolute Gasteiger partial charge is 0.431 e. The largest absolute Gasteiger partial charge is 0.573 e. The number of alkyl halides is 3. The predicted octanol–water partition coefficient (Wildman–Crippen LogP) is 10.9. The number of aromatic nitrogens is 7. The maximum absolute atomic E-state index is 13.3. The van der Waals surface area contributed by atoms with Crippen LogP contribution in [-0.2, 0) is 40.4 Å². The molecular formula is C53H37F5IrN7-3. The van der Waals surface area contributed by atoms with Gasteiger partial charge in [0.05, 0.1) is 36.9 Å². The van der Waals surface area contributed by atoms with Crippen molar-refractivity contribution < 1.29 is 51.2 Å². The van der Waals surface area contributed by atoms with Gasteiger partial charge in [-0.2, -0.15) is 37.4 Å². The molecule has 0 saturated heterocycles. The van der Waals surface area contributed by atoms with Gasteiger partial charge in [0.1, 0.15) is 5.69 Å². The summed E-state index contributed by atoms with van der Waals surface area (Å²) in [7, 11) is 3.93. The zero-order chi connectivity index (χ0) is 45.3. The van der Waals surface area contributed by atoms with E-state index in [-0.39, 0.29) is 37.4 Å². The molecule has 66 heavy (non-hydrogen) atoms. The molecule has 0 aliphatic rings. The number of halogens is 5. The third-order valence-corrected chi connectivity index (χ3v) is 10.0. The summed E-state index contributed by atoms with van der Waals surface area (Å²) in [6.45, 7) is 0. The van der Waals surface area contributed by atoms with Crippen molar-refractivity contribution in [3.63, 3.8) is 0 Å². The van der Waals surface area contributed by atoms with Crippen molar-refractivity contribution in [2.24, 2.45) is 14.1 Å². The number of benzene rings is 6. The van der Waals surface area contributed by atoms with E-state index in [4.69, 9.17) is 0 Å². The molecule has 0 saturated carbocycles. The standard InChI is InChI=1S/2C22H16FN2.C9H5F3N3.Ir/c2*1-24-16-25(20-14-12-19(23)13-15-20)22(18-10-6-3-7-11-18)21(24)17-8-4-2-5-9-17;10-9(11,12)8-5-7(14-15-8)6-3-1-2-4-13-6;/h2*2-14H,1H3;1-5H;/q3*-1;. The molecule has 0 aliphatic heterocycles. The Morgan fingerprint density at radius 2 is 0.939 bits per heavy atom. The number of hydrogen-bond donors (Lipinski definition) is 0. The Hall–Kier alpha value is -7.60. The van der Waals surface area contributed by atoms with E-state index in [1.807, 2.05) is 105 Å². The molecule has 7 nitrogen and oxygen atoms in total. The van der Waals surface area contributed by atoms with Crippen LogP contribution in [0.4, 0.5) is 22.0 Å². The molecule has 0 fully saturated rings. The van der Waals surface area contributed by atoms with E-state index < -0.39 is 11.9 Å². The predicted molar refractivity (Wildman–Crippen MR) is 237 cm³/mol. The molecule has 0 unspecified atom stereocenters. The van der Waals surface area contributed by atoms with Gasteiger partial charge in [0.2, 0.25) is 12.7 Å². The molecule has 0 amide bonds. The van der Waals surface area contributed by atoms with Crippen molar-refractivity contribution in [2.75, 3.05) is 0 Å². The maximum Gasteiger partial charge on any atom is 0.431 e. The second-order valence-corrected chi connectivity index (χ2v) is 14.5. The van der Waals surface area contributed by atoms with Gasteiger partial charge in [0, 0.05) is 43.6 Å². The van der Waals surface area contributed by atoms with Crippen molar-refractivity contribution in [3.05, 3.63) is 230 Å². The maximum atomic E-state index is 13.3. The van der Waals surface area contributed by atoms with E-state index in [1.165, 1.54) is 30.5 Å². The Labute approximate surface area is 392 Å². The Balaban J connectivity index is 0.000000151. The molecule has 10 rings (SSSR count). The van der Waals surface area contributed by atoms with Crippen LogP contribution >= 0.6 is 0 Å². The molecule has 331 valence electrons. The minimum Gasteiger partial charge on any atom is -0.573 e. The fourth-order valence-corrected chi connectivity index (χ4v) is 7.10. The molecule has 1 radical (unpaired) electrons. The van der Waals surface area contributed by atoms with Crippen LogP contribution in [0.1, 0.15) is 5.69 Å². The van der Waals surface area contributed by atoms with Crippen LogP contribution in [-0.4, -0.2) is 19.2 Å². The van der Waals surface area contributed by atoms with Gasteiger partial charge >= 0.3 is 6.18 Å². The Bertz CT molecular complexity index is 2920. The summed E-state index contributed by atoms with van der Waals surface area (Å²) < 4.78 is 71.0. The number of aryl methyl sites for hydroxylation is 2. The molecule has 0 atom stereocenters. The minimum atomic E-state index is -4.46. The van der Waals surface area contributed by atoms with E-state index in [1.54, 1.807) is 30.3 Å². The van der Waals surface area contributed by atoms with Crippen molar-refractivity contribution in [2.45, 2.75) is 6.18 Å². The van der Waals surface area contributed by atoms with Crippen molar-refractivity contribution >= 4 is 0 Å². The Morgan fingerprint density at radius 1 is 0.530 bits per heavy atom. The van der Waals surface area contributed by atoms with Crippen LogP contribution in [0, 0.1) is 36.4 Å². The molecule has 13 heteroatoms. The van der Waals surface area contributed by atoms with Gasteiger partial charge in [-0.3, -0.25) is 13.8 Å².